The number of hydrogen-bond donors (Lipinski definition) is 2. The van der Waals surface area contributed by atoms with Gasteiger partial charge in [0.25, 0.3) is 5.91 Å². The summed E-state index contributed by atoms with van der Waals surface area (Å²) in [5.41, 5.74) is 2.52. The van der Waals surface area contributed by atoms with Crippen LogP contribution >= 0.6 is 0 Å². The third-order valence-corrected chi connectivity index (χ3v) is 8.45. The van der Waals surface area contributed by atoms with Crippen molar-refractivity contribution in [3.8, 4) is 0 Å². The lowest BCUT2D eigenvalue weighted by Gasteiger charge is -2.32. The Bertz CT molecular complexity index is 1280. The average Bonchev–Trinajstić information content (AvgIpc) is 3.49. The molecule has 33 heavy (non-hydrogen) atoms. The number of sulfonamides is 1. The van der Waals surface area contributed by atoms with Gasteiger partial charge >= 0.3 is 0 Å². The molecule has 0 spiro atoms. The van der Waals surface area contributed by atoms with Gasteiger partial charge in [0.15, 0.2) is 0 Å². The summed E-state index contributed by atoms with van der Waals surface area (Å²) in [6.07, 6.45) is 4.69. The molecule has 8 nitrogen and oxygen atoms in total. The van der Waals surface area contributed by atoms with Crippen LogP contribution in [0.4, 0.5) is 5.69 Å². The number of fused-ring (bicyclic) bond motifs is 1. The molecule has 1 aromatic heterocycles. The van der Waals surface area contributed by atoms with Crippen molar-refractivity contribution in [2.45, 2.75) is 56.1 Å². The second kappa shape index (κ2) is 8.89. The lowest BCUT2D eigenvalue weighted by atomic mass is 10.1. The molecule has 174 valence electrons. The van der Waals surface area contributed by atoms with Crippen LogP contribution in [0.1, 0.15) is 61.3 Å². The number of aromatic nitrogens is 2. The molecule has 2 N–H and O–H groups in total. The number of rotatable bonds is 5. The van der Waals surface area contributed by atoms with Crippen molar-refractivity contribution < 1.29 is 17.9 Å². The van der Waals surface area contributed by atoms with Gasteiger partial charge < -0.3 is 15.0 Å². The summed E-state index contributed by atoms with van der Waals surface area (Å²) >= 11 is 0. The summed E-state index contributed by atoms with van der Waals surface area (Å²) in [7, 11) is -3.65. The first kappa shape index (κ1) is 22.1. The van der Waals surface area contributed by atoms with E-state index in [2.05, 4.69) is 15.3 Å². The number of nitrogens with one attached hydrogen (secondary N) is 2. The monoisotopic (exact) mass is 468 g/mol. The molecule has 0 aliphatic carbocycles. The molecular formula is C24H28N4O4S. The van der Waals surface area contributed by atoms with E-state index in [9.17, 15) is 13.2 Å². The number of nitrogens with zero attached hydrogens (tertiary/aromatic N) is 2. The molecule has 0 saturated carbocycles. The number of anilines is 1. The van der Waals surface area contributed by atoms with Gasteiger partial charge in [-0.05, 0) is 69.0 Å². The van der Waals surface area contributed by atoms with Crippen molar-refractivity contribution >= 4 is 32.7 Å². The number of amides is 1. The van der Waals surface area contributed by atoms with Gasteiger partial charge in [-0.3, -0.25) is 4.79 Å². The first-order chi connectivity index (χ1) is 15.9. The molecule has 0 bridgehead atoms. The first-order valence-corrected chi connectivity index (χ1v) is 12.9. The summed E-state index contributed by atoms with van der Waals surface area (Å²) in [4.78, 5) is 21.0. The van der Waals surface area contributed by atoms with Crippen LogP contribution < -0.4 is 5.32 Å². The zero-order valence-electron chi connectivity index (χ0n) is 18.6. The third kappa shape index (κ3) is 4.40. The van der Waals surface area contributed by atoms with E-state index in [-0.39, 0.29) is 22.9 Å². The SMILES string of the molecule is CC1CCCCN1S(=O)(=O)c1cccc(C(=O)Nc2ccc3nc(C4CCCO4)[nH]c3c2)c1. The molecular weight excluding hydrogens is 440 g/mol. The van der Waals surface area contributed by atoms with E-state index < -0.39 is 10.0 Å². The molecule has 0 radical (unpaired) electrons. The fourth-order valence-electron chi connectivity index (χ4n) is 4.62. The predicted octanol–water partition coefficient (Wildman–Crippen LogP) is 4.23. The van der Waals surface area contributed by atoms with E-state index in [1.807, 2.05) is 19.1 Å². The third-order valence-electron chi connectivity index (χ3n) is 6.44. The van der Waals surface area contributed by atoms with E-state index in [1.165, 1.54) is 6.07 Å². The molecule has 2 unspecified atom stereocenters. The molecule has 2 aliphatic rings. The minimum atomic E-state index is -3.65. The predicted molar refractivity (Wildman–Crippen MR) is 126 cm³/mol. The van der Waals surface area contributed by atoms with Crippen LogP contribution in [0.5, 0.6) is 0 Å². The number of benzene rings is 2. The smallest absolute Gasteiger partial charge is 0.255 e. The highest BCUT2D eigenvalue weighted by Crippen LogP contribution is 2.29. The lowest BCUT2D eigenvalue weighted by molar-refractivity contribution is 0.102. The van der Waals surface area contributed by atoms with Gasteiger partial charge in [0.05, 0.1) is 15.9 Å². The number of H-pyrrole nitrogens is 1. The molecule has 2 aliphatic heterocycles. The second-order valence-electron chi connectivity index (χ2n) is 8.80. The van der Waals surface area contributed by atoms with Gasteiger partial charge in [0.1, 0.15) is 11.9 Å². The van der Waals surface area contributed by atoms with Crippen molar-refractivity contribution in [2.75, 3.05) is 18.5 Å². The first-order valence-electron chi connectivity index (χ1n) is 11.5. The Morgan fingerprint density at radius 1 is 1.15 bits per heavy atom. The molecule has 2 saturated heterocycles. The van der Waals surface area contributed by atoms with E-state index in [4.69, 9.17) is 4.74 Å². The normalized spacial score (nSPS) is 22.0. The molecule has 1 amide bonds. The van der Waals surface area contributed by atoms with E-state index in [1.54, 1.807) is 28.6 Å². The maximum absolute atomic E-state index is 13.2. The second-order valence-corrected chi connectivity index (χ2v) is 10.7. The fourth-order valence-corrected chi connectivity index (χ4v) is 6.36. The van der Waals surface area contributed by atoms with Crippen LogP contribution in [0.15, 0.2) is 47.4 Å². The highest BCUT2D eigenvalue weighted by molar-refractivity contribution is 7.89. The van der Waals surface area contributed by atoms with E-state index >= 15 is 0 Å². The van der Waals surface area contributed by atoms with Crippen molar-refractivity contribution in [2.24, 2.45) is 0 Å². The minimum Gasteiger partial charge on any atom is -0.370 e. The van der Waals surface area contributed by atoms with Gasteiger partial charge in [0.2, 0.25) is 10.0 Å². The van der Waals surface area contributed by atoms with Crippen molar-refractivity contribution in [1.82, 2.24) is 14.3 Å². The maximum atomic E-state index is 13.2. The highest BCUT2D eigenvalue weighted by Gasteiger charge is 2.31. The fraction of sp³-hybridized carbons (Fsp3) is 0.417. The van der Waals surface area contributed by atoms with Gasteiger partial charge in [-0.25, -0.2) is 13.4 Å². The van der Waals surface area contributed by atoms with Gasteiger partial charge in [0, 0.05) is 30.4 Å². The lowest BCUT2D eigenvalue weighted by Crippen LogP contribution is -2.41. The van der Waals surface area contributed by atoms with Crippen LogP contribution in [-0.4, -0.2) is 47.8 Å². The highest BCUT2D eigenvalue weighted by atomic mass is 32.2. The molecule has 2 aromatic carbocycles. The largest absolute Gasteiger partial charge is 0.370 e. The number of aromatic amines is 1. The Morgan fingerprint density at radius 3 is 2.82 bits per heavy atom. The summed E-state index contributed by atoms with van der Waals surface area (Å²) in [5, 5.41) is 2.87. The zero-order valence-corrected chi connectivity index (χ0v) is 19.4. The molecule has 3 heterocycles. The van der Waals surface area contributed by atoms with Crippen molar-refractivity contribution in [3.63, 3.8) is 0 Å². The molecule has 2 atom stereocenters. The Hall–Kier alpha value is -2.75. The Balaban J connectivity index is 1.35. The molecule has 3 aromatic rings. The molecule has 9 heteroatoms. The van der Waals surface area contributed by atoms with E-state index in [0.717, 1.165) is 55.6 Å². The van der Waals surface area contributed by atoms with Gasteiger partial charge in [-0.1, -0.05) is 12.5 Å². The quantitative estimate of drug-likeness (QED) is 0.583. The van der Waals surface area contributed by atoms with Crippen LogP contribution in [0.3, 0.4) is 0 Å². The Kier molecular flexibility index (Phi) is 5.94. The van der Waals surface area contributed by atoms with Crippen LogP contribution in [0.25, 0.3) is 11.0 Å². The Labute approximate surface area is 193 Å². The Morgan fingerprint density at radius 2 is 2.03 bits per heavy atom. The van der Waals surface area contributed by atoms with Crippen LogP contribution in [0.2, 0.25) is 0 Å². The number of carbonyl (C=O) groups is 1. The summed E-state index contributed by atoms with van der Waals surface area (Å²) in [6.45, 7) is 3.19. The topological polar surface area (TPSA) is 104 Å². The molecule has 2 fully saturated rings. The van der Waals surface area contributed by atoms with Gasteiger partial charge in [-0.15, -0.1) is 0 Å². The number of carbonyl (C=O) groups excluding carboxylic acids is 1. The average molecular weight is 469 g/mol. The summed E-state index contributed by atoms with van der Waals surface area (Å²) < 4.78 is 33.6. The van der Waals surface area contributed by atoms with Crippen LogP contribution in [-0.2, 0) is 14.8 Å². The van der Waals surface area contributed by atoms with Gasteiger partial charge in [-0.2, -0.15) is 4.31 Å². The number of hydrogen-bond acceptors (Lipinski definition) is 5. The minimum absolute atomic E-state index is 0.0113. The number of ether oxygens (including phenoxy) is 1. The summed E-state index contributed by atoms with van der Waals surface area (Å²) in [5.74, 6) is 0.438. The number of piperidine rings is 1. The number of imidazole rings is 1. The van der Waals surface area contributed by atoms with Crippen LogP contribution in [0, 0.1) is 0 Å². The maximum Gasteiger partial charge on any atom is 0.255 e. The summed E-state index contributed by atoms with van der Waals surface area (Å²) in [6, 6.07) is 11.7. The van der Waals surface area contributed by atoms with Crippen molar-refractivity contribution in [1.29, 1.82) is 0 Å². The van der Waals surface area contributed by atoms with Crippen molar-refractivity contribution in [3.05, 3.63) is 53.9 Å². The standard InChI is InChI=1S/C24H28N4O4S/c1-16-6-2-3-12-28(16)33(30,31)19-8-4-7-17(14-19)24(29)25-18-10-11-20-21(15-18)27-23(26-20)22-9-5-13-32-22/h4,7-8,10-11,14-16,22H,2-3,5-6,9,12-13H2,1H3,(H,25,29)(H,26,27). The molecule has 5 rings (SSSR count). The van der Waals surface area contributed by atoms with E-state index in [0.29, 0.717) is 17.8 Å². The zero-order chi connectivity index (χ0) is 23.0.